The maximum Gasteiger partial charge on any atom is 0.348 e. The van der Waals surface area contributed by atoms with Gasteiger partial charge in [0.1, 0.15) is 17.7 Å². The van der Waals surface area contributed by atoms with Gasteiger partial charge in [0.15, 0.2) is 17.7 Å². The molecule has 4 rings (SSSR count). The van der Waals surface area contributed by atoms with E-state index in [0.717, 1.165) is 0 Å². The van der Waals surface area contributed by atoms with Crippen molar-refractivity contribution >= 4 is 40.5 Å². The van der Waals surface area contributed by atoms with Gasteiger partial charge in [-0.05, 0) is 17.2 Å². The molecule has 0 radical (unpaired) electrons. The highest BCUT2D eigenvalue weighted by molar-refractivity contribution is 6.28. The Balaban J connectivity index is 1.57. The molecule has 0 bridgehead atoms. The Kier molecular flexibility index (Phi) is 6.38. The molecule has 180 valence electrons. The lowest BCUT2D eigenvalue weighted by Crippen LogP contribution is -2.53. The number of nitrogens with zero attached hydrogens (tertiary/aromatic N) is 4. The normalized spacial score (nSPS) is 22.8. The van der Waals surface area contributed by atoms with E-state index < -0.39 is 55.0 Å². The number of benzene rings is 1. The second-order valence-electron chi connectivity index (χ2n) is 7.75. The van der Waals surface area contributed by atoms with E-state index in [1.54, 1.807) is 30.3 Å². The third-order valence-electron chi connectivity index (χ3n) is 5.59. The summed E-state index contributed by atoms with van der Waals surface area (Å²) < 4.78 is 12.6. The Morgan fingerprint density at radius 1 is 1.21 bits per heavy atom. The van der Waals surface area contributed by atoms with Gasteiger partial charge in [-0.15, -0.1) is 0 Å². The molecule has 1 saturated heterocycles. The number of nitrogen functional groups attached to an aromatic ring is 1. The Bertz CT molecular complexity index is 1210. The predicted octanol–water partition coefficient (Wildman–Crippen LogP) is -0.185. The third kappa shape index (κ3) is 4.15. The molecule has 0 spiro atoms. The van der Waals surface area contributed by atoms with Crippen molar-refractivity contribution in [3.8, 4) is 0 Å². The molecule has 7 N–H and O–H groups in total. The van der Waals surface area contributed by atoms with Crippen molar-refractivity contribution < 1.29 is 34.4 Å². The van der Waals surface area contributed by atoms with E-state index in [1.807, 2.05) is 0 Å². The van der Waals surface area contributed by atoms with Crippen molar-refractivity contribution in [3.63, 3.8) is 0 Å². The molecular formula is C20H21ClN6O7. The van der Waals surface area contributed by atoms with Crippen LogP contribution in [0.3, 0.4) is 0 Å². The van der Waals surface area contributed by atoms with Crippen LogP contribution in [-0.4, -0.2) is 77.2 Å². The number of aromatic nitrogens is 4. The summed E-state index contributed by atoms with van der Waals surface area (Å²) in [6, 6.07) is 7.16. The molecule has 2 aromatic heterocycles. The second-order valence-corrected chi connectivity index (χ2v) is 8.08. The number of fused-ring (bicyclic) bond motifs is 1. The number of carboxylic acid groups (broad SMARTS) is 2. The van der Waals surface area contributed by atoms with Crippen molar-refractivity contribution in [1.82, 2.24) is 19.5 Å². The summed E-state index contributed by atoms with van der Waals surface area (Å²) in [5.41, 5.74) is 10.2. The third-order valence-corrected chi connectivity index (χ3v) is 5.76. The predicted molar refractivity (Wildman–Crippen MR) is 117 cm³/mol. The average molecular weight is 493 g/mol. The number of halogens is 1. The number of carboxylic acids is 2. The van der Waals surface area contributed by atoms with Crippen LogP contribution in [0.2, 0.25) is 5.28 Å². The van der Waals surface area contributed by atoms with Crippen LogP contribution >= 0.6 is 11.6 Å². The van der Waals surface area contributed by atoms with Gasteiger partial charge in [0, 0.05) is 6.42 Å². The summed E-state index contributed by atoms with van der Waals surface area (Å²) in [4.78, 5) is 36.0. The number of ether oxygens (including phenoxy) is 2. The number of imidazole rings is 1. The molecule has 1 fully saturated rings. The summed E-state index contributed by atoms with van der Waals surface area (Å²) >= 11 is 5.88. The summed E-state index contributed by atoms with van der Waals surface area (Å²) in [5, 5.41) is 30.0. The minimum Gasteiger partial charge on any atom is -0.479 e. The molecule has 1 aliphatic heterocycles. The van der Waals surface area contributed by atoms with E-state index in [9.17, 15) is 24.9 Å². The summed E-state index contributed by atoms with van der Waals surface area (Å²) in [7, 11) is 0. The van der Waals surface area contributed by atoms with Gasteiger partial charge in [0.2, 0.25) is 5.28 Å². The van der Waals surface area contributed by atoms with Gasteiger partial charge < -0.3 is 36.3 Å². The van der Waals surface area contributed by atoms with Gasteiger partial charge in [0.05, 0.1) is 19.0 Å². The van der Waals surface area contributed by atoms with Crippen LogP contribution in [0.15, 0.2) is 36.7 Å². The molecule has 3 aromatic rings. The minimum atomic E-state index is -2.61. The van der Waals surface area contributed by atoms with E-state index in [4.69, 9.17) is 32.5 Å². The van der Waals surface area contributed by atoms with Gasteiger partial charge in [-0.2, -0.15) is 9.97 Å². The fourth-order valence-corrected chi connectivity index (χ4v) is 3.95. The largest absolute Gasteiger partial charge is 0.479 e. The number of rotatable bonds is 8. The van der Waals surface area contributed by atoms with Gasteiger partial charge in [-0.3, -0.25) is 4.57 Å². The Hall–Kier alpha value is -3.36. The molecule has 4 atom stereocenters. The lowest BCUT2D eigenvalue weighted by Gasteiger charge is -2.27. The van der Waals surface area contributed by atoms with Crippen LogP contribution in [-0.2, 0) is 25.5 Å². The number of hydrogen-bond acceptors (Lipinski definition) is 10. The van der Waals surface area contributed by atoms with Gasteiger partial charge in [-0.1, -0.05) is 30.3 Å². The van der Waals surface area contributed by atoms with Gasteiger partial charge >= 0.3 is 11.9 Å². The van der Waals surface area contributed by atoms with Crippen LogP contribution < -0.4 is 11.5 Å². The molecule has 1 unspecified atom stereocenters. The average Bonchev–Trinajstić information content (AvgIpc) is 3.33. The standard InChI is InChI=1S/C20H21ClN6O7/c21-19-25-14(23)12-15(26-19)27(8-24-12)16-11(22)13(28)10(34-16)7-33-20(17(29)30,18(31)32)6-9-4-2-1-3-5-9/h1-5,8,10-11,13,16,28H,6-7,22H2,(H,29,30)(H,31,32)(H2,23,25,26)/t10-,11-,13-,16?/m1/s1. The topological polar surface area (TPSA) is 209 Å². The summed E-state index contributed by atoms with van der Waals surface area (Å²) in [6.07, 6.45) is -2.59. The fraction of sp³-hybridized carbons (Fsp3) is 0.350. The van der Waals surface area contributed by atoms with Crippen molar-refractivity contribution in [3.05, 3.63) is 47.5 Å². The first-order chi connectivity index (χ1) is 16.1. The number of aliphatic hydroxyl groups excluding tert-OH is 1. The monoisotopic (exact) mass is 492 g/mol. The molecule has 1 aromatic carbocycles. The number of nitrogens with two attached hydrogens (primary N) is 2. The number of carbonyl (C=O) groups is 2. The molecule has 3 heterocycles. The Morgan fingerprint density at radius 2 is 1.88 bits per heavy atom. The Labute approximate surface area is 196 Å². The van der Waals surface area contributed by atoms with Crippen molar-refractivity contribution in [2.24, 2.45) is 5.73 Å². The van der Waals surface area contributed by atoms with E-state index in [0.29, 0.717) is 5.56 Å². The van der Waals surface area contributed by atoms with Gasteiger partial charge in [-0.25, -0.2) is 14.6 Å². The molecule has 0 saturated carbocycles. The zero-order valence-electron chi connectivity index (χ0n) is 17.5. The second kappa shape index (κ2) is 9.12. The maximum absolute atomic E-state index is 12.0. The van der Waals surface area contributed by atoms with Crippen LogP contribution in [0.5, 0.6) is 0 Å². The lowest BCUT2D eigenvalue weighted by atomic mass is 9.94. The first-order valence-corrected chi connectivity index (χ1v) is 10.4. The zero-order valence-corrected chi connectivity index (χ0v) is 18.2. The van der Waals surface area contributed by atoms with Gasteiger partial charge in [0.25, 0.3) is 5.60 Å². The lowest BCUT2D eigenvalue weighted by molar-refractivity contribution is -0.190. The molecular weight excluding hydrogens is 472 g/mol. The first kappa shape index (κ1) is 23.8. The molecule has 1 aliphatic rings. The number of hydrogen-bond donors (Lipinski definition) is 5. The quantitative estimate of drug-likeness (QED) is 0.205. The number of anilines is 1. The highest BCUT2D eigenvalue weighted by Gasteiger charge is 2.51. The molecule has 14 heteroatoms. The van der Waals surface area contributed by atoms with E-state index in [-0.39, 0.29) is 22.3 Å². The molecule has 0 aliphatic carbocycles. The van der Waals surface area contributed by atoms with Crippen LogP contribution in [0.1, 0.15) is 11.8 Å². The highest BCUT2D eigenvalue weighted by atomic mass is 35.5. The first-order valence-electron chi connectivity index (χ1n) is 10.0. The molecule has 0 amide bonds. The Morgan fingerprint density at radius 3 is 2.53 bits per heavy atom. The van der Waals surface area contributed by atoms with E-state index >= 15 is 0 Å². The smallest absolute Gasteiger partial charge is 0.348 e. The van der Waals surface area contributed by atoms with Crippen LogP contribution in [0, 0.1) is 0 Å². The van der Waals surface area contributed by atoms with E-state index in [2.05, 4.69) is 15.0 Å². The van der Waals surface area contributed by atoms with Crippen LogP contribution in [0.4, 0.5) is 5.82 Å². The highest BCUT2D eigenvalue weighted by Crippen LogP contribution is 2.32. The number of aliphatic hydroxyl groups is 1. The zero-order chi connectivity index (χ0) is 24.6. The van der Waals surface area contributed by atoms with Crippen molar-refractivity contribution in [2.45, 2.75) is 36.5 Å². The molecule has 13 nitrogen and oxygen atoms in total. The fourth-order valence-electron chi connectivity index (χ4n) is 3.78. The minimum absolute atomic E-state index is 0.0364. The SMILES string of the molecule is Nc1nc(Cl)nc2c1ncn2C1O[C@H](COC(Cc2ccccc2)(C(=O)O)C(=O)O)[C@@H](O)[C@H]1N. The summed E-state index contributed by atoms with van der Waals surface area (Å²) in [5.74, 6) is -3.35. The van der Waals surface area contributed by atoms with Crippen molar-refractivity contribution in [1.29, 1.82) is 0 Å². The van der Waals surface area contributed by atoms with E-state index in [1.165, 1.54) is 10.9 Å². The van der Waals surface area contributed by atoms with Crippen molar-refractivity contribution in [2.75, 3.05) is 12.3 Å². The molecule has 34 heavy (non-hydrogen) atoms. The van der Waals surface area contributed by atoms with Crippen LogP contribution in [0.25, 0.3) is 11.2 Å². The number of aliphatic carboxylic acids is 2. The summed E-state index contributed by atoms with van der Waals surface area (Å²) in [6.45, 7) is -0.568. The maximum atomic E-state index is 12.0.